The zero-order valence-corrected chi connectivity index (χ0v) is 17.1. The lowest BCUT2D eigenvalue weighted by Gasteiger charge is -2.32. The fraction of sp³-hybridized carbons (Fsp3) is 0.292. The molecule has 0 fully saturated rings. The first kappa shape index (κ1) is 19.4. The van der Waals surface area contributed by atoms with Crippen LogP contribution in [0.1, 0.15) is 24.6 Å². The van der Waals surface area contributed by atoms with Gasteiger partial charge in [0.1, 0.15) is 17.6 Å². The fourth-order valence-corrected chi connectivity index (χ4v) is 4.22. The van der Waals surface area contributed by atoms with Crippen molar-refractivity contribution in [3.63, 3.8) is 0 Å². The van der Waals surface area contributed by atoms with Crippen LogP contribution in [0.5, 0.6) is 0 Å². The van der Waals surface area contributed by atoms with E-state index in [2.05, 4.69) is 71.1 Å². The molecule has 1 unspecified atom stereocenters. The first-order valence-electron chi connectivity index (χ1n) is 10.1. The summed E-state index contributed by atoms with van der Waals surface area (Å²) in [5.41, 5.74) is 6.09. The lowest BCUT2D eigenvalue weighted by atomic mass is 10.1. The molecule has 0 aliphatic carbocycles. The van der Waals surface area contributed by atoms with Gasteiger partial charge in [-0.2, -0.15) is 0 Å². The van der Waals surface area contributed by atoms with Crippen LogP contribution in [0, 0.1) is 0 Å². The van der Waals surface area contributed by atoms with Crippen LogP contribution in [0.3, 0.4) is 0 Å². The number of fused-ring (bicyclic) bond motifs is 2. The Morgan fingerprint density at radius 1 is 1.17 bits per heavy atom. The van der Waals surface area contributed by atoms with Crippen LogP contribution in [0.25, 0.3) is 17.0 Å². The number of rotatable bonds is 8. The molecule has 0 spiro atoms. The number of para-hydroxylation sites is 1. The highest BCUT2D eigenvalue weighted by Gasteiger charge is 2.36. The molecule has 0 saturated heterocycles. The Morgan fingerprint density at radius 2 is 2.03 bits per heavy atom. The molecule has 0 bridgehead atoms. The van der Waals surface area contributed by atoms with Crippen LogP contribution in [-0.4, -0.2) is 37.7 Å². The van der Waals surface area contributed by atoms with Crippen molar-refractivity contribution in [1.82, 2.24) is 14.8 Å². The molecule has 2 heterocycles. The number of H-pyrrole nitrogens is 1. The van der Waals surface area contributed by atoms with E-state index in [0.29, 0.717) is 11.0 Å². The van der Waals surface area contributed by atoms with Crippen molar-refractivity contribution in [3.05, 3.63) is 66.0 Å². The quantitative estimate of drug-likeness (QED) is 0.439. The number of amides is 1. The molecule has 4 rings (SSSR count). The second-order valence-corrected chi connectivity index (χ2v) is 7.61. The number of carbonyl (C=O) groups excluding carboxylic acids is 1. The molecule has 1 atom stereocenters. The summed E-state index contributed by atoms with van der Waals surface area (Å²) in [5, 5.41) is 4.05. The fourth-order valence-electron chi connectivity index (χ4n) is 4.22. The van der Waals surface area contributed by atoms with Crippen molar-refractivity contribution in [2.45, 2.75) is 19.8 Å². The summed E-state index contributed by atoms with van der Waals surface area (Å²) in [5.74, 6) is 0.00499. The molecule has 1 aliphatic rings. The Labute approximate surface area is 171 Å². The summed E-state index contributed by atoms with van der Waals surface area (Å²) in [6.45, 7) is 3.88. The third-order valence-corrected chi connectivity index (χ3v) is 5.62. The van der Waals surface area contributed by atoms with E-state index in [0.717, 1.165) is 37.2 Å². The van der Waals surface area contributed by atoms with E-state index < -0.39 is 0 Å². The average Bonchev–Trinajstić information content (AvgIpc) is 3.29. The minimum atomic E-state index is 0.00499. The van der Waals surface area contributed by atoms with Crippen LogP contribution < -0.4 is 9.80 Å². The maximum atomic E-state index is 11.1. The van der Waals surface area contributed by atoms with Gasteiger partial charge in [-0.25, -0.2) is 4.48 Å². The summed E-state index contributed by atoms with van der Waals surface area (Å²) < 4.78 is 6.04. The van der Waals surface area contributed by atoms with Gasteiger partial charge in [-0.3, -0.25) is 4.79 Å². The van der Waals surface area contributed by atoms with Gasteiger partial charge in [0.05, 0.1) is 13.2 Å². The number of hydrogen-bond acceptors (Lipinski definition) is 2. The molecule has 2 N–H and O–H groups in total. The molecule has 1 aliphatic heterocycles. The second kappa shape index (κ2) is 8.23. The third kappa shape index (κ3) is 3.84. The molecule has 0 saturated carbocycles. The summed E-state index contributed by atoms with van der Waals surface area (Å²) >= 11 is 0. The van der Waals surface area contributed by atoms with Gasteiger partial charge >= 0.3 is 0 Å². The Kier molecular flexibility index (Phi) is 5.51. The monoisotopic (exact) mass is 390 g/mol. The number of aromatic amines is 1. The standard InChI is InChI=1S/C24H27N3O2/c1-18(28)25-12-10-21-16-20-17-22(8-9-23(20)26-21)27(13-5-15-29-2)14-11-19-6-3-4-7-24(19)27/h3-4,6-9,11,14,16-17,26H,5,10,12-13,15H2,1-2H3/p+1. The van der Waals surface area contributed by atoms with Crippen molar-refractivity contribution >= 4 is 34.3 Å². The van der Waals surface area contributed by atoms with Gasteiger partial charge in [0, 0.05) is 79.9 Å². The van der Waals surface area contributed by atoms with Gasteiger partial charge < -0.3 is 15.0 Å². The lowest BCUT2D eigenvalue weighted by Crippen LogP contribution is -2.38. The van der Waals surface area contributed by atoms with Crippen molar-refractivity contribution in [2.24, 2.45) is 0 Å². The van der Waals surface area contributed by atoms with Crippen LogP contribution in [0.4, 0.5) is 11.4 Å². The van der Waals surface area contributed by atoms with Crippen LogP contribution in [-0.2, 0) is 16.0 Å². The molecule has 1 aromatic heterocycles. The van der Waals surface area contributed by atoms with E-state index in [9.17, 15) is 4.79 Å². The predicted octanol–water partition coefficient (Wildman–Crippen LogP) is 4.51. The highest BCUT2D eigenvalue weighted by atomic mass is 16.5. The number of nitrogens with one attached hydrogen (secondary N) is 2. The molecule has 5 heteroatoms. The number of carbonyl (C=O) groups is 1. The van der Waals surface area contributed by atoms with Crippen LogP contribution in [0.15, 0.2) is 54.7 Å². The number of nitrogens with zero attached hydrogens (tertiary/aromatic N) is 1. The molecule has 150 valence electrons. The van der Waals surface area contributed by atoms with Gasteiger partial charge in [-0.05, 0) is 18.2 Å². The maximum Gasteiger partial charge on any atom is 0.216 e. The topological polar surface area (TPSA) is 54.1 Å². The number of hydrogen-bond donors (Lipinski definition) is 2. The maximum absolute atomic E-state index is 11.1. The second-order valence-electron chi connectivity index (χ2n) is 7.61. The summed E-state index contributed by atoms with van der Waals surface area (Å²) in [6.07, 6.45) is 6.29. The van der Waals surface area contributed by atoms with E-state index >= 15 is 0 Å². The minimum absolute atomic E-state index is 0.00499. The van der Waals surface area contributed by atoms with E-state index in [1.165, 1.54) is 22.3 Å². The van der Waals surface area contributed by atoms with Crippen molar-refractivity contribution in [1.29, 1.82) is 0 Å². The third-order valence-electron chi connectivity index (χ3n) is 5.62. The predicted molar refractivity (Wildman–Crippen MR) is 119 cm³/mol. The number of benzene rings is 2. The van der Waals surface area contributed by atoms with Crippen LogP contribution >= 0.6 is 0 Å². The Balaban J connectivity index is 1.68. The van der Waals surface area contributed by atoms with Gasteiger partial charge in [-0.1, -0.05) is 12.1 Å². The molecular formula is C24H28N3O2+. The largest absolute Gasteiger partial charge is 0.384 e. The minimum Gasteiger partial charge on any atom is -0.384 e. The molecule has 3 aromatic rings. The van der Waals surface area contributed by atoms with Gasteiger partial charge in [-0.15, -0.1) is 0 Å². The molecular weight excluding hydrogens is 362 g/mol. The van der Waals surface area contributed by atoms with Gasteiger partial charge in [0.25, 0.3) is 0 Å². The van der Waals surface area contributed by atoms with E-state index in [1.807, 2.05) is 0 Å². The average molecular weight is 391 g/mol. The summed E-state index contributed by atoms with van der Waals surface area (Å²) in [4.78, 5) is 14.6. The van der Waals surface area contributed by atoms with Gasteiger partial charge in [0.15, 0.2) is 0 Å². The summed E-state index contributed by atoms with van der Waals surface area (Å²) in [6, 6.07) is 17.5. The first-order chi connectivity index (χ1) is 14.1. The zero-order valence-electron chi connectivity index (χ0n) is 17.1. The Morgan fingerprint density at radius 3 is 2.86 bits per heavy atom. The highest BCUT2D eigenvalue weighted by molar-refractivity contribution is 5.87. The molecule has 0 radical (unpaired) electrons. The molecule has 2 aromatic carbocycles. The zero-order chi connectivity index (χ0) is 20.3. The van der Waals surface area contributed by atoms with E-state index in [-0.39, 0.29) is 5.91 Å². The van der Waals surface area contributed by atoms with E-state index in [4.69, 9.17) is 4.74 Å². The number of methoxy groups -OCH3 is 1. The molecule has 1 amide bonds. The van der Waals surface area contributed by atoms with Crippen LogP contribution in [0.2, 0.25) is 0 Å². The normalized spacial score (nSPS) is 17.6. The SMILES string of the molecule is COCCC[N+]1(c2ccc3[nH]c(CCNC(C)=O)cc3c2)C=Cc2ccccc21. The summed E-state index contributed by atoms with van der Waals surface area (Å²) in [7, 11) is 1.76. The Bertz CT molecular complexity index is 1050. The van der Waals surface area contributed by atoms with Crippen molar-refractivity contribution < 1.29 is 9.53 Å². The number of aromatic nitrogens is 1. The van der Waals surface area contributed by atoms with Gasteiger partial charge in [0.2, 0.25) is 5.91 Å². The lowest BCUT2D eigenvalue weighted by molar-refractivity contribution is -0.118. The Hall–Kier alpha value is -2.89. The van der Waals surface area contributed by atoms with Crippen molar-refractivity contribution in [2.75, 3.05) is 26.8 Å². The number of quaternary nitrogens is 1. The number of ether oxygens (including phenoxy) is 1. The molecule has 29 heavy (non-hydrogen) atoms. The van der Waals surface area contributed by atoms with E-state index in [1.54, 1.807) is 14.0 Å². The van der Waals surface area contributed by atoms with Crippen molar-refractivity contribution in [3.8, 4) is 0 Å². The smallest absolute Gasteiger partial charge is 0.216 e. The first-order valence-corrected chi connectivity index (χ1v) is 10.1. The molecule has 5 nitrogen and oxygen atoms in total. The highest BCUT2D eigenvalue weighted by Crippen LogP contribution is 2.44.